The van der Waals surface area contributed by atoms with Gasteiger partial charge in [0.25, 0.3) is 0 Å². The molecule has 2 heterocycles. The number of piperidine rings is 1. The van der Waals surface area contributed by atoms with Gasteiger partial charge in [0.05, 0.1) is 19.8 Å². The van der Waals surface area contributed by atoms with E-state index in [0.717, 1.165) is 64.2 Å². The van der Waals surface area contributed by atoms with Crippen molar-refractivity contribution in [3.63, 3.8) is 0 Å². The van der Waals surface area contributed by atoms with Gasteiger partial charge in [0, 0.05) is 32.7 Å². The highest BCUT2D eigenvalue weighted by Gasteiger charge is 2.15. The average Bonchev–Trinajstić information content (AvgIpc) is 2.78. The highest BCUT2D eigenvalue weighted by atomic mass is 16.5. The van der Waals surface area contributed by atoms with Gasteiger partial charge in [-0.15, -0.1) is 0 Å². The maximum Gasteiger partial charge on any atom is 0.191 e. The standard InChI is InChI=1S/C24H41N5O/c1-3-25-24(26-11-6-12-28-13-9-21(2)10-14-28)27-19-22-7-4-5-8-23(22)20-29-15-17-30-18-16-29/h4-5,7-8,21H,3,6,9-20H2,1-2H3,(H2,25,26,27). The molecule has 0 amide bonds. The molecule has 1 aromatic carbocycles. The van der Waals surface area contributed by atoms with Gasteiger partial charge >= 0.3 is 0 Å². The molecule has 0 unspecified atom stereocenters. The zero-order chi connectivity index (χ0) is 21.0. The van der Waals surface area contributed by atoms with Crippen LogP contribution in [0.5, 0.6) is 0 Å². The molecular weight excluding hydrogens is 374 g/mol. The number of aliphatic imine (C=N–C) groups is 1. The zero-order valence-corrected chi connectivity index (χ0v) is 19.0. The lowest BCUT2D eigenvalue weighted by atomic mass is 9.99. The van der Waals surface area contributed by atoms with Crippen molar-refractivity contribution in [3.8, 4) is 0 Å². The first-order valence-corrected chi connectivity index (χ1v) is 11.9. The van der Waals surface area contributed by atoms with Crippen LogP contribution in [0.1, 0.15) is 44.2 Å². The third kappa shape index (κ3) is 7.89. The zero-order valence-electron chi connectivity index (χ0n) is 19.0. The van der Waals surface area contributed by atoms with Gasteiger partial charge in [0.1, 0.15) is 0 Å². The SMILES string of the molecule is CCNC(=NCc1ccccc1CN1CCOCC1)NCCCN1CCC(C)CC1. The Bertz CT molecular complexity index is 636. The number of guanidine groups is 1. The summed E-state index contributed by atoms with van der Waals surface area (Å²) < 4.78 is 5.48. The van der Waals surface area contributed by atoms with Crippen molar-refractivity contribution in [1.29, 1.82) is 0 Å². The molecule has 2 aliphatic heterocycles. The number of hydrogen-bond acceptors (Lipinski definition) is 4. The predicted molar refractivity (Wildman–Crippen MR) is 125 cm³/mol. The summed E-state index contributed by atoms with van der Waals surface area (Å²) in [4.78, 5) is 9.94. The number of rotatable bonds is 9. The fourth-order valence-electron chi connectivity index (χ4n) is 4.17. The molecule has 0 spiro atoms. The molecule has 2 fully saturated rings. The van der Waals surface area contributed by atoms with Crippen molar-refractivity contribution in [2.45, 2.75) is 46.2 Å². The minimum Gasteiger partial charge on any atom is -0.379 e. The van der Waals surface area contributed by atoms with Crippen molar-refractivity contribution in [1.82, 2.24) is 20.4 Å². The van der Waals surface area contributed by atoms with Crippen molar-refractivity contribution < 1.29 is 4.74 Å². The van der Waals surface area contributed by atoms with E-state index in [9.17, 15) is 0 Å². The van der Waals surface area contributed by atoms with E-state index >= 15 is 0 Å². The third-order valence-corrected chi connectivity index (χ3v) is 6.19. The maximum atomic E-state index is 5.48. The van der Waals surface area contributed by atoms with Crippen LogP contribution in [-0.2, 0) is 17.8 Å². The molecule has 2 N–H and O–H groups in total. The number of ether oxygens (including phenoxy) is 1. The molecule has 0 saturated carbocycles. The lowest BCUT2D eigenvalue weighted by Crippen LogP contribution is -2.39. The number of likely N-dealkylation sites (tertiary alicyclic amines) is 1. The van der Waals surface area contributed by atoms with Gasteiger partial charge in [0.15, 0.2) is 5.96 Å². The molecule has 0 bridgehead atoms. The second-order valence-electron chi connectivity index (χ2n) is 8.66. The third-order valence-electron chi connectivity index (χ3n) is 6.19. The average molecular weight is 416 g/mol. The lowest BCUT2D eigenvalue weighted by molar-refractivity contribution is 0.0341. The maximum absolute atomic E-state index is 5.48. The van der Waals surface area contributed by atoms with Crippen molar-refractivity contribution in [2.24, 2.45) is 10.9 Å². The molecule has 2 saturated heterocycles. The van der Waals surface area contributed by atoms with Crippen LogP contribution in [0.3, 0.4) is 0 Å². The molecule has 1 aromatic rings. The van der Waals surface area contributed by atoms with Gasteiger partial charge in [-0.1, -0.05) is 31.2 Å². The van der Waals surface area contributed by atoms with Crippen LogP contribution in [0.15, 0.2) is 29.3 Å². The highest BCUT2D eigenvalue weighted by molar-refractivity contribution is 5.79. The van der Waals surface area contributed by atoms with Crippen LogP contribution in [0, 0.1) is 5.92 Å². The lowest BCUT2D eigenvalue weighted by Gasteiger charge is -2.30. The Kier molecular flexibility index (Phi) is 9.93. The van der Waals surface area contributed by atoms with Crippen LogP contribution >= 0.6 is 0 Å². The van der Waals surface area contributed by atoms with E-state index < -0.39 is 0 Å². The Morgan fingerprint density at radius 3 is 2.50 bits per heavy atom. The van der Waals surface area contributed by atoms with Crippen molar-refractivity contribution in [2.75, 3.05) is 59.0 Å². The smallest absolute Gasteiger partial charge is 0.191 e. The van der Waals surface area contributed by atoms with E-state index in [1.54, 1.807) is 0 Å². The minimum atomic E-state index is 0.708. The molecule has 3 rings (SSSR count). The fourth-order valence-corrected chi connectivity index (χ4v) is 4.17. The minimum absolute atomic E-state index is 0.708. The molecule has 0 radical (unpaired) electrons. The van der Waals surface area contributed by atoms with E-state index in [4.69, 9.17) is 9.73 Å². The second-order valence-corrected chi connectivity index (χ2v) is 8.66. The van der Waals surface area contributed by atoms with Gasteiger partial charge in [-0.2, -0.15) is 0 Å². The second kappa shape index (κ2) is 12.9. The van der Waals surface area contributed by atoms with Crippen LogP contribution < -0.4 is 10.6 Å². The van der Waals surface area contributed by atoms with Crippen LogP contribution in [0.2, 0.25) is 0 Å². The van der Waals surface area contributed by atoms with Crippen molar-refractivity contribution >= 4 is 5.96 Å². The summed E-state index contributed by atoms with van der Waals surface area (Å²) in [5.41, 5.74) is 2.68. The van der Waals surface area contributed by atoms with Gasteiger partial charge < -0.3 is 20.3 Å². The predicted octanol–water partition coefficient (Wildman–Crippen LogP) is 2.70. The van der Waals surface area contributed by atoms with E-state index in [2.05, 4.69) is 58.5 Å². The Morgan fingerprint density at radius 1 is 1.03 bits per heavy atom. The van der Waals surface area contributed by atoms with Gasteiger partial charge in [-0.3, -0.25) is 4.90 Å². The normalized spacial score (nSPS) is 19.7. The molecule has 0 atom stereocenters. The fraction of sp³-hybridized carbons (Fsp3) is 0.708. The number of hydrogen-bond donors (Lipinski definition) is 2. The topological polar surface area (TPSA) is 52.1 Å². The quantitative estimate of drug-likeness (QED) is 0.369. The highest BCUT2D eigenvalue weighted by Crippen LogP contribution is 2.16. The molecule has 0 aliphatic carbocycles. The van der Waals surface area contributed by atoms with Gasteiger partial charge in [-0.25, -0.2) is 4.99 Å². The molecule has 2 aliphatic rings. The molecule has 30 heavy (non-hydrogen) atoms. The van der Waals surface area contributed by atoms with E-state index in [-0.39, 0.29) is 0 Å². The summed E-state index contributed by atoms with van der Waals surface area (Å²) in [5.74, 6) is 1.82. The van der Waals surface area contributed by atoms with Crippen molar-refractivity contribution in [3.05, 3.63) is 35.4 Å². The molecular formula is C24H41N5O. The first-order chi connectivity index (χ1) is 14.7. The Hall–Kier alpha value is -1.63. The first-order valence-electron chi connectivity index (χ1n) is 11.9. The Morgan fingerprint density at radius 2 is 1.77 bits per heavy atom. The number of nitrogens with one attached hydrogen (secondary N) is 2. The summed E-state index contributed by atoms with van der Waals surface area (Å²) in [6.45, 7) is 15.4. The first kappa shape index (κ1) is 23.0. The number of morpholine rings is 1. The largest absolute Gasteiger partial charge is 0.379 e. The van der Waals surface area contributed by atoms with Gasteiger partial charge in [0.2, 0.25) is 0 Å². The molecule has 168 valence electrons. The van der Waals surface area contributed by atoms with E-state index in [0.29, 0.717) is 6.54 Å². The molecule has 0 aromatic heterocycles. The van der Waals surface area contributed by atoms with Crippen LogP contribution in [0.25, 0.3) is 0 Å². The van der Waals surface area contributed by atoms with E-state index in [1.165, 1.54) is 43.6 Å². The summed E-state index contributed by atoms with van der Waals surface area (Å²) in [6, 6.07) is 8.70. The van der Waals surface area contributed by atoms with Gasteiger partial charge in [-0.05, 0) is 62.9 Å². The Balaban J connectivity index is 1.46. The summed E-state index contributed by atoms with van der Waals surface area (Å²) >= 11 is 0. The van der Waals surface area contributed by atoms with Crippen LogP contribution in [-0.4, -0.2) is 74.8 Å². The number of nitrogens with zero attached hydrogens (tertiary/aromatic N) is 3. The van der Waals surface area contributed by atoms with Crippen LogP contribution in [0.4, 0.5) is 0 Å². The molecule has 6 heteroatoms. The number of benzene rings is 1. The van der Waals surface area contributed by atoms with E-state index in [1.807, 2.05) is 0 Å². The monoisotopic (exact) mass is 415 g/mol. The summed E-state index contributed by atoms with van der Waals surface area (Å²) in [7, 11) is 0. The molecule has 6 nitrogen and oxygen atoms in total. The summed E-state index contributed by atoms with van der Waals surface area (Å²) in [5, 5.41) is 6.92. The summed E-state index contributed by atoms with van der Waals surface area (Å²) in [6.07, 6.45) is 3.86. The Labute approximate surface area is 183 Å².